The SMILES string of the molecule is Cc1ccc(C=O)c(O[SiH](C)C)c1C(C)(C)C. The van der Waals surface area contributed by atoms with Gasteiger partial charge in [0.2, 0.25) is 9.04 Å². The average Bonchev–Trinajstić information content (AvgIpc) is 2.15. The molecule has 0 unspecified atom stereocenters. The fraction of sp³-hybridized carbons (Fsp3) is 0.500. The van der Waals surface area contributed by atoms with E-state index in [0.29, 0.717) is 5.56 Å². The molecule has 0 saturated carbocycles. The maximum absolute atomic E-state index is 11.1. The Morgan fingerprint density at radius 2 is 1.82 bits per heavy atom. The molecule has 2 nitrogen and oxygen atoms in total. The van der Waals surface area contributed by atoms with E-state index in [-0.39, 0.29) is 5.41 Å². The molecule has 0 aromatic heterocycles. The molecular weight excluding hydrogens is 228 g/mol. The second-order valence-corrected chi connectivity index (χ2v) is 8.04. The highest BCUT2D eigenvalue weighted by molar-refractivity contribution is 6.49. The molecule has 1 aromatic carbocycles. The van der Waals surface area contributed by atoms with Crippen LogP contribution in [0.25, 0.3) is 0 Å². The van der Waals surface area contributed by atoms with Gasteiger partial charge in [-0.05, 0) is 37.1 Å². The van der Waals surface area contributed by atoms with Gasteiger partial charge in [-0.3, -0.25) is 4.79 Å². The molecule has 0 saturated heterocycles. The van der Waals surface area contributed by atoms with Gasteiger partial charge in [-0.1, -0.05) is 26.8 Å². The van der Waals surface area contributed by atoms with Gasteiger partial charge in [0, 0.05) is 5.56 Å². The molecule has 0 N–H and O–H groups in total. The molecule has 0 bridgehead atoms. The normalized spacial score (nSPS) is 11.7. The number of carbonyl (C=O) groups is 1. The zero-order chi connectivity index (χ0) is 13.2. The standard InChI is InChI=1S/C14H22O2Si/c1-10-7-8-11(9-15)13(16-17(5)6)12(10)14(2,3)4/h7-9,17H,1-6H3. The van der Waals surface area contributed by atoms with Crippen molar-refractivity contribution in [2.24, 2.45) is 0 Å². The fourth-order valence-corrected chi connectivity index (χ4v) is 2.81. The van der Waals surface area contributed by atoms with Crippen molar-refractivity contribution in [3.8, 4) is 5.75 Å². The van der Waals surface area contributed by atoms with Crippen LogP contribution in [-0.4, -0.2) is 15.3 Å². The smallest absolute Gasteiger partial charge is 0.229 e. The van der Waals surface area contributed by atoms with Crippen LogP contribution in [-0.2, 0) is 5.41 Å². The molecule has 1 aromatic rings. The Kier molecular flexibility index (Phi) is 4.15. The van der Waals surface area contributed by atoms with Gasteiger partial charge in [-0.25, -0.2) is 0 Å². The number of benzene rings is 1. The average molecular weight is 250 g/mol. The van der Waals surface area contributed by atoms with Gasteiger partial charge < -0.3 is 4.43 Å². The summed E-state index contributed by atoms with van der Waals surface area (Å²) in [6, 6.07) is 3.85. The molecule has 0 atom stereocenters. The first kappa shape index (κ1) is 14.0. The highest BCUT2D eigenvalue weighted by atomic mass is 28.3. The summed E-state index contributed by atoms with van der Waals surface area (Å²) in [7, 11) is -1.22. The van der Waals surface area contributed by atoms with E-state index < -0.39 is 9.04 Å². The molecule has 0 radical (unpaired) electrons. The van der Waals surface area contributed by atoms with E-state index in [0.717, 1.165) is 17.6 Å². The fourth-order valence-electron chi connectivity index (χ4n) is 2.08. The quantitative estimate of drug-likeness (QED) is 0.606. The summed E-state index contributed by atoms with van der Waals surface area (Å²) in [5.41, 5.74) is 3.00. The highest BCUT2D eigenvalue weighted by Crippen LogP contribution is 2.36. The summed E-state index contributed by atoms with van der Waals surface area (Å²) in [6.45, 7) is 12.8. The largest absolute Gasteiger partial charge is 0.546 e. The Balaban J connectivity index is 3.48. The van der Waals surface area contributed by atoms with Gasteiger partial charge in [-0.2, -0.15) is 0 Å². The number of rotatable bonds is 3. The summed E-state index contributed by atoms with van der Waals surface area (Å²) >= 11 is 0. The van der Waals surface area contributed by atoms with E-state index >= 15 is 0 Å². The minimum atomic E-state index is -1.22. The van der Waals surface area contributed by atoms with Crippen LogP contribution in [0.4, 0.5) is 0 Å². The second-order valence-electron chi connectivity index (χ2n) is 5.71. The van der Waals surface area contributed by atoms with Gasteiger partial charge in [0.15, 0.2) is 6.29 Å². The summed E-state index contributed by atoms with van der Waals surface area (Å²) in [4.78, 5) is 11.1. The molecule has 0 aliphatic heterocycles. The number of aryl methyl sites for hydroxylation is 1. The van der Waals surface area contributed by atoms with Crippen molar-refractivity contribution in [3.05, 3.63) is 28.8 Å². The van der Waals surface area contributed by atoms with Gasteiger partial charge >= 0.3 is 0 Å². The minimum absolute atomic E-state index is 0.0122. The minimum Gasteiger partial charge on any atom is -0.546 e. The van der Waals surface area contributed by atoms with Crippen molar-refractivity contribution in [1.29, 1.82) is 0 Å². The lowest BCUT2D eigenvalue weighted by Crippen LogP contribution is -2.20. The van der Waals surface area contributed by atoms with Crippen LogP contribution in [0.1, 0.15) is 42.3 Å². The zero-order valence-corrected chi connectivity index (χ0v) is 12.8. The van der Waals surface area contributed by atoms with E-state index in [1.165, 1.54) is 5.56 Å². The number of hydrogen-bond acceptors (Lipinski definition) is 2. The Morgan fingerprint density at radius 1 is 1.24 bits per heavy atom. The van der Waals surface area contributed by atoms with Crippen molar-refractivity contribution in [1.82, 2.24) is 0 Å². The maximum atomic E-state index is 11.1. The maximum Gasteiger partial charge on any atom is 0.229 e. The van der Waals surface area contributed by atoms with Crippen LogP contribution in [0.5, 0.6) is 5.75 Å². The Labute approximate surface area is 106 Å². The van der Waals surface area contributed by atoms with Crippen LogP contribution in [0.15, 0.2) is 12.1 Å². The molecular formula is C14H22O2Si. The molecule has 0 aliphatic carbocycles. The van der Waals surface area contributed by atoms with Crippen LogP contribution in [0.2, 0.25) is 13.1 Å². The van der Waals surface area contributed by atoms with Crippen LogP contribution < -0.4 is 4.43 Å². The summed E-state index contributed by atoms with van der Waals surface area (Å²) in [6.07, 6.45) is 0.890. The molecule has 0 heterocycles. The van der Waals surface area contributed by atoms with Crippen molar-refractivity contribution in [2.45, 2.75) is 46.2 Å². The molecule has 0 fully saturated rings. The van der Waals surface area contributed by atoms with E-state index in [2.05, 4.69) is 40.8 Å². The van der Waals surface area contributed by atoms with Gasteiger partial charge in [0.25, 0.3) is 0 Å². The predicted molar refractivity (Wildman–Crippen MR) is 74.8 cm³/mol. The molecule has 17 heavy (non-hydrogen) atoms. The van der Waals surface area contributed by atoms with Crippen molar-refractivity contribution in [3.63, 3.8) is 0 Å². The zero-order valence-electron chi connectivity index (χ0n) is 11.6. The number of aldehydes is 1. The molecule has 94 valence electrons. The first-order valence-electron chi connectivity index (χ1n) is 6.03. The third kappa shape index (κ3) is 3.19. The topological polar surface area (TPSA) is 26.3 Å². The third-order valence-corrected chi connectivity index (χ3v) is 3.33. The van der Waals surface area contributed by atoms with Crippen LogP contribution in [0, 0.1) is 6.92 Å². The van der Waals surface area contributed by atoms with Crippen LogP contribution >= 0.6 is 0 Å². The lowest BCUT2D eigenvalue weighted by Gasteiger charge is -2.27. The molecule has 1 rings (SSSR count). The summed E-state index contributed by atoms with van der Waals surface area (Å²) < 4.78 is 5.98. The highest BCUT2D eigenvalue weighted by Gasteiger charge is 2.24. The third-order valence-electron chi connectivity index (χ3n) is 2.63. The Morgan fingerprint density at radius 3 is 2.24 bits per heavy atom. The Bertz CT molecular complexity index is 417. The van der Waals surface area contributed by atoms with Gasteiger partial charge in [0.1, 0.15) is 5.75 Å². The predicted octanol–water partition coefficient (Wildman–Crippen LogP) is 3.47. The number of hydrogen-bond donors (Lipinski definition) is 0. The van der Waals surface area contributed by atoms with E-state index in [9.17, 15) is 4.79 Å². The Hall–Kier alpha value is -1.09. The van der Waals surface area contributed by atoms with E-state index in [4.69, 9.17) is 4.43 Å². The van der Waals surface area contributed by atoms with Crippen molar-refractivity contribution < 1.29 is 9.22 Å². The lowest BCUT2D eigenvalue weighted by atomic mass is 9.82. The molecule has 0 spiro atoms. The van der Waals surface area contributed by atoms with Crippen molar-refractivity contribution in [2.75, 3.05) is 0 Å². The summed E-state index contributed by atoms with van der Waals surface area (Å²) in [5.74, 6) is 0.800. The first-order valence-corrected chi connectivity index (χ1v) is 8.81. The van der Waals surface area contributed by atoms with Crippen molar-refractivity contribution >= 4 is 15.3 Å². The molecule has 0 aliphatic rings. The number of carbonyl (C=O) groups excluding carboxylic acids is 1. The van der Waals surface area contributed by atoms with E-state index in [1.807, 2.05) is 12.1 Å². The first-order chi connectivity index (χ1) is 7.77. The summed E-state index contributed by atoms with van der Waals surface area (Å²) in [5, 5.41) is 0. The second kappa shape index (κ2) is 5.04. The van der Waals surface area contributed by atoms with Gasteiger partial charge in [-0.15, -0.1) is 0 Å². The van der Waals surface area contributed by atoms with Gasteiger partial charge in [0.05, 0.1) is 5.56 Å². The molecule has 3 heteroatoms. The molecule has 0 amide bonds. The van der Waals surface area contributed by atoms with Crippen LogP contribution in [0.3, 0.4) is 0 Å². The van der Waals surface area contributed by atoms with E-state index in [1.54, 1.807) is 0 Å². The lowest BCUT2D eigenvalue weighted by molar-refractivity contribution is 0.112. The monoisotopic (exact) mass is 250 g/mol.